The molecule has 0 aliphatic heterocycles. The Morgan fingerprint density at radius 2 is 2.13 bits per heavy atom. The van der Waals surface area contributed by atoms with E-state index in [9.17, 15) is 13.2 Å². The molecule has 0 radical (unpaired) electrons. The summed E-state index contributed by atoms with van der Waals surface area (Å²) in [5.41, 5.74) is 5.25. The van der Waals surface area contributed by atoms with Crippen LogP contribution in [-0.4, -0.2) is 33.7 Å². The number of carbonyl (C=O) groups is 1. The molecule has 0 aromatic rings. The molecule has 0 saturated carbocycles. The molecule has 90 valence electrons. The normalized spacial score (nSPS) is 13.3. The summed E-state index contributed by atoms with van der Waals surface area (Å²) < 4.78 is 30.8. The maximum Gasteiger partial charge on any atom is 0.421 e. The number of nitrogens with two attached hydrogens (primary N) is 1. The van der Waals surface area contributed by atoms with Crippen LogP contribution in [0, 0.1) is 0 Å². The first kappa shape index (κ1) is 14.1. The first-order chi connectivity index (χ1) is 6.91. The highest BCUT2D eigenvalue weighted by molar-refractivity contribution is 7.88. The SMILES string of the molecule is CCOC(=O)NS(=O)(=O)NC(C)CCN. The van der Waals surface area contributed by atoms with Crippen LogP contribution in [0.4, 0.5) is 4.79 Å². The molecule has 0 fully saturated rings. The average Bonchev–Trinajstić information content (AvgIpc) is 2.01. The largest absolute Gasteiger partial charge is 0.449 e. The van der Waals surface area contributed by atoms with Gasteiger partial charge in [0, 0.05) is 6.04 Å². The number of hydrogen-bond acceptors (Lipinski definition) is 5. The van der Waals surface area contributed by atoms with E-state index in [2.05, 4.69) is 9.46 Å². The fourth-order valence-corrected chi connectivity index (χ4v) is 1.86. The Hall–Kier alpha value is -0.860. The van der Waals surface area contributed by atoms with Crippen molar-refractivity contribution in [2.24, 2.45) is 5.73 Å². The number of amides is 1. The molecule has 1 unspecified atom stereocenters. The number of carbonyl (C=O) groups excluding carboxylic acids is 1. The van der Waals surface area contributed by atoms with Crippen molar-refractivity contribution in [1.29, 1.82) is 0 Å². The van der Waals surface area contributed by atoms with Gasteiger partial charge < -0.3 is 10.5 Å². The van der Waals surface area contributed by atoms with E-state index in [-0.39, 0.29) is 12.6 Å². The van der Waals surface area contributed by atoms with E-state index in [1.165, 1.54) is 0 Å². The Morgan fingerprint density at radius 3 is 2.60 bits per heavy atom. The van der Waals surface area contributed by atoms with Gasteiger partial charge in [0.15, 0.2) is 0 Å². The monoisotopic (exact) mass is 239 g/mol. The Balaban J connectivity index is 4.13. The number of ether oxygens (including phenoxy) is 1. The summed E-state index contributed by atoms with van der Waals surface area (Å²) in [5, 5.41) is 0. The molecule has 15 heavy (non-hydrogen) atoms. The molecule has 1 atom stereocenters. The first-order valence-corrected chi connectivity index (χ1v) is 6.06. The highest BCUT2D eigenvalue weighted by Crippen LogP contribution is 1.91. The third-order valence-electron chi connectivity index (χ3n) is 1.45. The zero-order chi connectivity index (χ0) is 11.9. The van der Waals surface area contributed by atoms with E-state index in [1.807, 2.05) is 0 Å². The quantitative estimate of drug-likeness (QED) is 0.568. The molecule has 0 bridgehead atoms. The molecule has 0 aliphatic rings. The predicted molar refractivity (Wildman–Crippen MR) is 55.3 cm³/mol. The molecular weight excluding hydrogens is 222 g/mol. The van der Waals surface area contributed by atoms with E-state index in [1.54, 1.807) is 18.6 Å². The van der Waals surface area contributed by atoms with Crippen LogP contribution in [0.2, 0.25) is 0 Å². The van der Waals surface area contributed by atoms with Gasteiger partial charge >= 0.3 is 16.3 Å². The Morgan fingerprint density at radius 1 is 1.53 bits per heavy atom. The van der Waals surface area contributed by atoms with E-state index in [0.29, 0.717) is 13.0 Å². The molecule has 0 aromatic heterocycles. The van der Waals surface area contributed by atoms with Gasteiger partial charge in [-0.15, -0.1) is 0 Å². The molecule has 7 nitrogen and oxygen atoms in total. The summed E-state index contributed by atoms with van der Waals surface area (Å²) in [4.78, 5) is 10.8. The van der Waals surface area contributed by atoms with Crippen LogP contribution >= 0.6 is 0 Å². The molecule has 0 rings (SSSR count). The maximum atomic E-state index is 11.2. The smallest absolute Gasteiger partial charge is 0.421 e. The molecule has 0 saturated heterocycles. The molecule has 0 aromatic carbocycles. The van der Waals surface area contributed by atoms with Crippen molar-refractivity contribution >= 4 is 16.3 Å². The lowest BCUT2D eigenvalue weighted by atomic mass is 10.3. The molecule has 0 heterocycles. The van der Waals surface area contributed by atoms with Crippen LogP contribution in [0.3, 0.4) is 0 Å². The lowest BCUT2D eigenvalue weighted by Gasteiger charge is -2.13. The summed E-state index contributed by atoms with van der Waals surface area (Å²) in [6.07, 6.45) is -0.506. The van der Waals surface area contributed by atoms with Gasteiger partial charge in [-0.3, -0.25) is 0 Å². The summed E-state index contributed by atoms with van der Waals surface area (Å²) in [7, 11) is -3.85. The molecular formula is C7H17N3O4S. The minimum absolute atomic E-state index is 0.111. The number of nitrogens with one attached hydrogen (secondary N) is 2. The van der Waals surface area contributed by atoms with E-state index in [4.69, 9.17) is 5.73 Å². The average molecular weight is 239 g/mol. The van der Waals surface area contributed by atoms with Crippen molar-refractivity contribution in [1.82, 2.24) is 9.44 Å². The van der Waals surface area contributed by atoms with E-state index in [0.717, 1.165) is 0 Å². The molecule has 0 aliphatic carbocycles. The van der Waals surface area contributed by atoms with Crippen molar-refractivity contribution < 1.29 is 17.9 Å². The van der Waals surface area contributed by atoms with Gasteiger partial charge in [0.25, 0.3) is 0 Å². The van der Waals surface area contributed by atoms with Gasteiger partial charge in [0.05, 0.1) is 6.61 Å². The van der Waals surface area contributed by atoms with Crippen LogP contribution in [0.25, 0.3) is 0 Å². The highest BCUT2D eigenvalue weighted by Gasteiger charge is 2.17. The summed E-state index contributed by atoms with van der Waals surface area (Å²) in [6.45, 7) is 3.71. The van der Waals surface area contributed by atoms with Crippen molar-refractivity contribution in [3.8, 4) is 0 Å². The fraction of sp³-hybridized carbons (Fsp3) is 0.857. The van der Waals surface area contributed by atoms with Crippen molar-refractivity contribution in [2.75, 3.05) is 13.2 Å². The topological polar surface area (TPSA) is 111 Å². The third kappa shape index (κ3) is 7.11. The van der Waals surface area contributed by atoms with Crippen LogP contribution in [-0.2, 0) is 14.9 Å². The van der Waals surface area contributed by atoms with Crippen LogP contribution < -0.4 is 15.2 Å². The molecule has 0 spiro atoms. The zero-order valence-corrected chi connectivity index (χ0v) is 9.63. The van der Waals surface area contributed by atoms with Crippen molar-refractivity contribution in [3.05, 3.63) is 0 Å². The predicted octanol–water partition coefficient (Wildman–Crippen LogP) is -0.696. The molecule has 1 amide bonds. The van der Waals surface area contributed by atoms with Gasteiger partial charge in [-0.05, 0) is 26.8 Å². The minimum atomic E-state index is -3.85. The van der Waals surface area contributed by atoms with Crippen LogP contribution in [0.1, 0.15) is 20.3 Å². The van der Waals surface area contributed by atoms with Crippen LogP contribution in [0.15, 0.2) is 0 Å². The van der Waals surface area contributed by atoms with Gasteiger partial charge in [-0.2, -0.15) is 13.1 Å². The third-order valence-corrected chi connectivity index (χ3v) is 2.60. The van der Waals surface area contributed by atoms with E-state index >= 15 is 0 Å². The van der Waals surface area contributed by atoms with Gasteiger partial charge in [0.1, 0.15) is 0 Å². The molecule has 8 heteroatoms. The standard InChI is InChI=1S/C7H17N3O4S/c1-3-14-7(11)10-15(12,13)9-6(2)4-5-8/h6,9H,3-5,8H2,1-2H3,(H,10,11). The number of rotatable bonds is 6. The highest BCUT2D eigenvalue weighted by atomic mass is 32.2. The Labute approximate surface area is 89.5 Å². The van der Waals surface area contributed by atoms with Crippen molar-refractivity contribution in [2.45, 2.75) is 26.3 Å². The lowest BCUT2D eigenvalue weighted by Crippen LogP contribution is -2.44. The Bertz CT molecular complexity index is 291. The fourth-order valence-electron chi connectivity index (χ4n) is 0.874. The Kier molecular flexibility index (Phi) is 6.21. The lowest BCUT2D eigenvalue weighted by molar-refractivity contribution is 0.158. The summed E-state index contributed by atoms with van der Waals surface area (Å²) in [5.74, 6) is 0. The van der Waals surface area contributed by atoms with E-state index < -0.39 is 16.3 Å². The zero-order valence-electron chi connectivity index (χ0n) is 8.82. The summed E-state index contributed by atoms with van der Waals surface area (Å²) >= 11 is 0. The van der Waals surface area contributed by atoms with Gasteiger partial charge in [0.2, 0.25) is 0 Å². The molecule has 4 N–H and O–H groups in total. The first-order valence-electron chi connectivity index (χ1n) is 4.58. The number of hydrogen-bond donors (Lipinski definition) is 3. The minimum Gasteiger partial charge on any atom is -0.449 e. The van der Waals surface area contributed by atoms with Gasteiger partial charge in [-0.25, -0.2) is 9.52 Å². The van der Waals surface area contributed by atoms with Gasteiger partial charge in [-0.1, -0.05) is 0 Å². The van der Waals surface area contributed by atoms with Crippen molar-refractivity contribution in [3.63, 3.8) is 0 Å². The van der Waals surface area contributed by atoms with Crippen LogP contribution in [0.5, 0.6) is 0 Å². The second kappa shape index (κ2) is 6.59. The second-order valence-corrected chi connectivity index (χ2v) is 4.37. The maximum absolute atomic E-state index is 11.2. The second-order valence-electron chi connectivity index (χ2n) is 2.92. The summed E-state index contributed by atoms with van der Waals surface area (Å²) in [6, 6.07) is -0.332.